The molecule has 1 N–H and O–H groups in total. The first-order valence-electron chi connectivity index (χ1n) is 9.58. The number of carboxylic acid groups (broad SMARTS) is 1. The molecule has 0 fully saturated rings. The molecule has 1 amide bonds. The minimum Gasteiger partial charge on any atom is -0.530 e. The molecule has 2 rings (SSSR count). The molecule has 0 aliphatic heterocycles. The highest BCUT2D eigenvalue weighted by Crippen LogP contribution is 2.39. The number of aromatic nitrogens is 2. The molecule has 0 saturated carbocycles. The lowest BCUT2D eigenvalue weighted by molar-refractivity contribution is -0.253. The molecule has 0 saturated heterocycles. The highest BCUT2D eigenvalue weighted by Gasteiger charge is 2.36. The lowest BCUT2D eigenvalue weighted by Gasteiger charge is -2.34. The van der Waals surface area contributed by atoms with Crippen LogP contribution in [0.2, 0.25) is 0 Å². The van der Waals surface area contributed by atoms with Crippen molar-refractivity contribution in [3.05, 3.63) is 41.9 Å². The van der Waals surface area contributed by atoms with Crippen molar-refractivity contribution in [3.63, 3.8) is 0 Å². The Balaban J connectivity index is 2.36. The quantitative estimate of drug-likeness (QED) is 0.696. The van der Waals surface area contributed by atoms with Gasteiger partial charge in [-0.25, -0.2) is 9.97 Å². The van der Waals surface area contributed by atoms with E-state index in [1.807, 2.05) is 20.8 Å². The number of carbonyl (C=O) groups excluding carboxylic acids is 1. The number of alkyl halides is 3. The van der Waals surface area contributed by atoms with Gasteiger partial charge in [0.2, 0.25) is 0 Å². The van der Waals surface area contributed by atoms with Gasteiger partial charge in [-0.2, -0.15) is 13.2 Å². The van der Waals surface area contributed by atoms with Gasteiger partial charge in [-0.3, -0.25) is 0 Å². The molecule has 1 aromatic carbocycles. The molecular weight excluding hydrogens is 399 g/mol. The van der Waals surface area contributed by atoms with Crippen molar-refractivity contribution >= 4 is 6.09 Å². The van der Waals surface area contributed by atoms with Gasteiger partial charge in [0.1, 0.15) is 24.8 Å². The van der Waals surface area contributed by atoms with Crippen molar-refractivity contribution in [3.8, 4) is 17.0 Å². The van der Waals surface area contributed by atoms with Gasteiger partial charge in [0, 0.05) is 11.3 Å². The molecule has 0 spiro atoms. The van der Waals surface area contributed by atoms with Gasteiger partial charge >= 0.3 is 6.18 Å². The predicted molar refractivity (Wildman–Crippen MR) is 104 cm³/mol. The maximum Gasteiger partial charge on any atom is 0.419 e. The average molecular weight is 424 g/mol. The van der Waals surface area contributed by atoms with Gasteiger partial charge in [-0.1, -0.05) is 20.8 Å². The third-order valence-electron chi connectivity index (χ3n) is 4.48. The zero-order valence-electron chi connectivity index (χ0n) is 17.3. The van der Waals surface area contributed by atoms with E-state index in [1.54, 1.807) is 13.0 Å². The zero-order chi connectivity index (χ0) is 22.5. The Morgan fingerprint density at radius 2 is 1.93 bits per heavy atom. The van der Waals surface area contributed by atoms with E-state index in [4.69, 9.17) is 4.74 Å². The third-order valence-corrected chi connectivity index (χ3v) is 4.48. The van der Waals surface area contributed by atoms with Crippen molar-refractivity contribution in [2.75, 3.05) is 6.61 Å². The van der Waals surface area contributed by atoms with E-state index in [2.05, 4.69) is 15.3 Å². The first kappa shape index (κ1) is 23.4. The molecule has 1 unspecified atom stereocenters. The second-order valence-electron chi connectivity index (χ2n) is 7.82. The van der Waals surface area contributed by atoms with E-state index in [1.165, 1.54) is 18.5 Å². The highest BCUT2D eigenvalue weighted by molar-refractivity contribution is 5.63. The maximum absolute atomic E-state index is 13.7. The molecular formula is C21H25F3N3O3-. The van der Waals surface area contributed by atoms with Gasteiger partial charge in [-0.15, -0.1) is 0 Å². The van der Waals surface area contributed by atoms with Crippen molar-refractivity contribution in [1.82, 2.24) is 15.3 Å². The fourth-order valence-electron chi connectivity index (χ4n) is 3.32. The van der Waals surface area contributed by atoms with Gasteiger partial charge in [0.05, 0.1) is 16.8 Å². The number of aryl methyl sites for hydroxylation is 1. The summed E-state index contributed by atoms with van der Waals surface area (Å²) in [6.07, 6.45) is -3.87. The number of carbonyl (C=O) groups is 1. The van der Waals surface area contributed by atoms with Crippen molar-refractivity contribution < 1.29 is 27.8 Å². The Bertz CT molecular complexity index is 887. The summed E-state index contributed by atoms with van der Waals surface area (Å²) in [7, 11) is 0. The van der Waals surface area contributed by atoms with Crippen LogP contribution < -0.4 is 15.2 Å². The van der Waals surface area contributed by atoms with E-state index in [9.17, 15) is 23.1 Å². The standard InChI is InChI=1S/C21H26F3N3O3/c1-5-15-9-17(26-12-25-15)14-6-7-18(16(8-14)21(22,23)24)30-11-20(4,10-13(2)3)27-19(28)29/h6-9,12-13,27H,5,10-11H2,1-4H3,(H,28,29)/p-1. The first-order chi connectivity index (χ1) is 13.9. The van der Waals surface area contributed by atoms with Crippen molar-refractivity contribution in [2.45, 2.75) is 52.3 Å². The number of benzene rings is 1. The smallest absolute Gasteiger partial charge is 0.419 e. The van der Waals surface area contributed by atoms with Gasteiger partial charge < -0.3 is 20.0 Å². The topological polar surface area (TPSA) is 87.2 Å². The maximum atomic E-state index is 13.7. The highest BCUT2D eigenvalue weighted by atomic mass is 19.4. The summed E-state index contributed by atoms with van der Waals surface area (Å²) in [6.45, 7) is 6.92. The fraction of sp³-hybridized carbons (Fsp3) is 0.476. The second-order valence-corrected chi connectivity index (χ2v) is 7.82. The number of rotatable bonds is 8. The van der Waals surface area contributed by atoms with Gasteiger partial charge in [0.15, 0.2) is 0 Å². The Morgan fingerprint density at radius 1 is 1.23 bits per heavy atom. The van der Waals surface area contributed by atoms with Crippen LogP contribution in [0.25, 0.3) is 11.3 Å². The molecule has 1 atom stereocenters. The Labute approximate surface area is 173 Å². The largest absolute Gasteiger partial charge is 0.530 e. The third kappa shape index (κ3) is 6.33. The van der Waals surface area contributed by atoms with E-state index in [0.717, 1.165) is 6.07 Å². The summed E-state index contributed by atoms with van der Waals surface area (Å²) in [4.78, 5) is 19.1. The number of ether oxygens (including phenoxy) is 1. The number of nitrogens with zero attached hydrogens (tertiary/aromatic N) is 2. The molecule has 1 aromatic heterocycles. The number of hydrogen-bond acceptors (Lipinski definition) is 5. The van der Waals surface area contributed by atoms with E-state index >= 15 is 0 Å². The lowest BCUT2D eigenvalue weighted by atomic mass is 9.91. The van der Waals surface area contributed by atoms with E-state index in [-0.39, 0.29) is 23.8 Å². The first-order valence-corrected chi connectivity index (χ1v) is 9.58. The van der Waals surface area contributed by atoms with Crippen LogP contribution in [0, 0.1) is 5.92 Å². The zero-order valence-corrected chi connectivity index (χ0v) is 17.3. The molecule has 30 heavy (non-hydrogen) atoms. The molecule has 0 bridgehead atoms. The summed E-state index contributed by atoms with van der Waals surface area (Å²) < 4.78 is 46.6. The normalized spacial score (nSPS) is 13.7. The van der Waals surface area contributed by atoms with E-state index < -0.39 is 23.4 Å². The monoisotopic (exact) mass is 424 g/mol. The predicted octanol–water partition coefficient (Wildman–Crippen LogP) is 3.84. The van der Waals surface area contributed by atoms with Crippen molar-refractivity contribution in [1.29, 1.82) is 0 Å². The molecule has 9 heteroatoms. The van der Waals surface area contributed by atoms with Crippen LogP contribution in [0.4, 0.5) is 18.0 Å². The van der Waals surface area contributed by atoms with Crippen LogP contribution >= 0.6 is 0 Å². The van der Waals surface area contributed by atoms with Gasteiger partial charge in [-0.05, 0) is 49.9 Å². The molecule has 6 nitrogen and oxygen atoms in total. The van der Waals surface area contributed by atoms with Crippen LogP contribution in [0.5, 0.6) is 5.75 Å². The van der Waals surface area contributed by atoms with Crippen LogP contribution in [0.3, 0.4) is 0 Å². The number of nitrogens with one attached hydrogen (secondary N) is 1. The molecule has 0 aliphatic rings. The molecule has 2 aromatic rings. The number of amides is 1. The van der Waals surface area contributed by atoms with Crippen molar-refractivity contribution in [2.24, 2.45) is 5.92 Å². The van der Waals surface area contributed by atoms with Crippen LogP contribution in [0.1, 0.15) is 45.4 Å². The molecule has 164 valence electrons. The average Bonchev–Trinajstić information content (AvgIpc) is 2.64. The Kier molecular flexibility index (Phi) is 7.28. The molecule has 1 heterocycles. The van der Waals surface area contributed by atoms with Crippen LogP contribution in [-0.2, 0) is 12.6 Å². The minimum atomic E-state index is -4.66. The SMILES string of the molecule is CCc1cc(-c2ccc(OCC(C)(CC(C)C)NC(=O)[O-])c(C(F)(F)F)c2)ncn1. The molecule has 0 aliphatic carbocycles. The van der Waals surface area contributed by atoms with Crippen LogP contribution in [0.15, 0.2) is 30.6 Å². The summed E-state index contributed by atoms with van der Waals surface area (Å²) in [5.74, 6) is -0.299. The Hall–Kier alpha value is -2.84. The number of halogens is 3. The molecule has 0 radical (unpaired) electrons. The Morgan fingerprint density at radius 3 is 2.50 bits per heavy atom. The second kappa shape index (κ2) is 9.32. The number of hydrogen-bond donors (Lipinski definition) is 1. The fourth-order valence-corrected chi connectivity index (χ4v) is 3.32. The summed E-state index contributed by atoms with van der Waals surface area (Å²) >= 11 is 0. The van der Waals surface area contributed by atoms with Crippen LogP contribution in [-0.4, -0.2) is 28.2 Å². The summed E-state index contributed by atoms with van der Waals surface area (Å²) in [5.41, 5.74) is -0.688. The van der Waals surface area contributed by atoms with E-state index in [0.29, 0.717) is 24.2 Å². The summed E-state index contributed by atoms with van der Waals surface area (Å²) in [5, 5.41) is 13.3. The lowest BCUT2D eigenvalue weighted by Crippen LogP contribution is -2.55. The summed E-state index contributed by atoms with van der Waals surface area (Å²) in [6, 6.07) is 5.32. The van der Waals surface area contributed by atoms with Gasteiger partial charge in [0.25, 0.3) is 0 Å². The minimum absolute atomic E-state index is 0.0837.